The first-order valence-electron chi connectivity index (χ1n) is 8.89. The molecule has 3 saturated heterocycles. The Bertz CT molecular complexity index is 263. The van der Waals surface area contributed by atoms with Crippen molar-refractivity contribution in [3.8, 4) is 0 Å². The Hall–Kier alpha value is -0.120. The van der Waals surface area contributed by atoms with Crippen LogP contribution in [0.15, 0.2) is 0 Å². The molecule has 0 bridgehead atoms. The molecule has 0 N–H and O–H groups in total. The zero-order valence-electron chi connectivity index (χ0n) is 13.6. The van der Waals surface area contributed by atoms with Crippen LogP contribution in [-0.4, -0.2) is 73.1 Å². The minimum atomic E-state index is 0.857. The second-order valence-corrected chi connectivity index (χ2v) is 7.54. The molecule has 116 valence electrons. The fourth-order valence-corrected chi connectivity index (χ4v) is 4.37. The zero-order chi connectivity index (χ0) is 13.9. The third-order valence-corrected chi connectivity index (χ3v) is 5.97. The van der Waals surface area contributed by atoms with E-state index in [0.29, 0.717) is 0 Å². The normalized spacial score (nSPS) is 33.6. The van der Waals surface area contributed by atoms with Gasteiger partial charge in [-0.15, -0.1) is 0 Å². The summed E-state index contributed by atoms with van der Waals surface area (Å²) in [4.78, 5) is 8.13. The highest BCUT2D eigenvalue weighted by Crippen LogP contribution is 2.26. The Morgan fingerprint density at radius 3 is 2.10 bits per heavy atom. The maximum Gasteiger partial charge on any atom is 0.0223 e. The van der Waals surface area contributed by atoms with Crippen molar-refractivity contribution < 1.29 is 0 Å². The molecule has 0 aromatic heterocycles. The third kappa shape index (κ3) is 3.55. The van der Waals surface area contributed by atoms with Crippen LogP contribution in [0.2, 0.25) is 0 Å². The highest BCUT2D eigenvalue weighted by Gasteiger charge is 2.31. The molecule has 3 heteroatoms. The lowest BCUT2D eigenvalue weighted by molar-refractivity contribution is 0.0349. The molecule has 3 aliphatic heterocycles. The predicted octanol–water partition coefficient (Wildman–Crippen LogP) is 2.28. The lowest BCUT2D eigenvalue weighted by Crippen LogP contribution is -2.54. The maximum atomic E-state index is 2.83. The topological polar surface area (TPSA) is 9.72 Å². The van der Waals surface area contributed by atoms with Crippen LogP contribution in [0.4, 0.5) is 0 Å². The Balaban J connectivity index is 1.51. The van der Waals surface area contributed by atoms with Gasteiger partial charge in [0.25, 0.3) is 0 Å². The quantitative estimate of drug-likeness (QED) is 0.768. The summed E-state index contributed by atoms with van der Waals surface area (Å²) in [5.41, 5.74) is 0. The molecule has 0 saturated carbocycles. The second kappa shape index (κ2) is 6.76. The third-order valence-electron chi connectivity index (χ3n) is 5.97. The van der Waals surface area contributed by atoms with Crippen molar-refractivity contribution in [1.29, 1.82) is 0 Å². The summed E-state index contributed by atoms with van der Waals surface area (Å²) in [6.45, 7) is 10.4. The van der Waals surface area contributed by atoms with Crippen molar-refractivity contribution in [1.82, 2.24) is 14.7 Å². The molecule has 3 fully saturated rings. The first kappa shape index (κ1) is 14.8. The summed E-state index contributed by atoms with van der Waals surface area (Å²) in [6, 6.07) is 1.73. The van der Waals surface area contributed by atoms with Gasteiger partial charge in [0, 0.05) is 18.6 Å². The molecule has 1 unspecified atom stereocenters. The molecule has 3 nitrogen and oxygen atoms in total. The Morgan fingerprint density at radius 1 is 0.700 bits per heavy atom. The van der Waals surface area contributed by atoms with Crippen molar-refractivity contribution in [2.24, 2.45) is 5.92 Å². The summed E-state index contributed by atoms with van der Waals surface area (Å²) in [6.07, 6.45) is 8.48. The summed E-state index contributed by atoms with van der Waals surface area (Å²) in [5.74, 6) is 0.958. The average molecular weight is 279 g/mol. The van der Waals surface area contributed by atoms with Crippen LogP contribution in [0.1, 0.15) is 45.4 Å². The summed E-state index contributed by atoms with van der Waals surface area (Å²) < 4.78 is 0. The molecular weight excluding hydrogens is 246 g/mol. The van der Waals surface area contributed by atoms with Crippen LogP contribution in [0.5, 0.6) is 0 Å². The standard InChI is InChI=1S/C17H33N3/c1-15-5-12-19(13-6-15)17-4-3-9-20(14-17)16-7-10-18(2)11-8-16/h15-17H,3-14H2,1-2H3. The van der Waals surface area contributed by atoms with E-state index in [1.54, 1.807) is 0 Å². The van der Waals surface area contributed by atoms with Gasteiger partial charge < -0.3 is 4.90 Å². The lowest BCUT2D eigenvalue weighted by Gasteiger charge is -2.46. The van der Waals surface area contributed by atoms with Gasteiger partial charge in [-0.3, -0.25) is 9.80 Å². The highest BCUT2D eigenvalue weighted by atomic mass is 15.3. The van der Waals surface area contributed by atoms with Gasteiger partial charge in [0.2, 0.25) is 0 Å². The van der Waals surface area contributed by atoms with E-state index >= 15 is 0 Å². The van der Waals surface area contributed by atoms with E-state index in [9.17, 15) is 0 Å². The van der Waals surface area contributed by atoms with Crippen LogP contribution in [-0.2, 0) is 0 Å². The van der Waals surface area contributed by atoms with Crippen molar-refractivity contribution >= 4 is 0 Å². The van der Waals surface area contributed by atoms with Gasteiger partial charge in [0.15, 0.2) is 0 Å². The smallest absolute Gasteiger partial charge is 0.0223 e. The van der Waals surface area contributed by atoms with Crippen LogP contribution < -0.4 is 0 Å². The van der Waals surface area contributed by atoms with E-state index in [1.807, 2.05) is 0 Å². The Labute approximate surface area is 125 Å². The predicted molar refractivity (Wildman–Crippen MR) is 85.1 cm³/mol. The molecule has 0 aromatic rings. The average Bonchev–Trinajstić information content (AvgIpc) is 2.49. The van der Waals surface area contributed by atoms with Crippen LogP contribution in [0, 0.1) is 5.92 Å². The lowest BCUT2D eigenvalue weighted by atomic mass is 9.93. The number of piperidine rings is 3. The van der Waals surface area contributed by atoms with Gasteiger partial charge in [-0.05, 0) is 84.2 Å². The molecule has 3 heterocycles. The number of rotatable bonds is 2. The van der Waals surface area contributed by atoms with Gasteiger partial charge >= 0.3 is 0 Å². The number of hydrogen-bond acceptors (Lipinski definition) is 3. The van der Waals surface area contributed by atoms with Crippen LogP contribution >= 0.6 is 0 Å². The molecule has 3 aliphatic rings. The van der Waals surface area contributed by atoms with Gasteiger partial charge in [-0.1, -0.05) is 6.92 Å². The molecule has 0 aliphatic carbocycles. The number of hydrogen-bond donors (Lipinski definition) is 0. The molecular formula is C17H33N3. The van der Waals surface area contributed by atoms with Crippen LogP contribution in [0.3, 0.4) is 0 Å². The van der Waals surface area contributed by atoms with Crippen LogP contribution in [0.25, 0.3) is 0 Å². The monoisotopic (exact) mass is 279 g/mol. The van der Waals surface area contributed by atoms with Crippen molar-refractivity contribution in [2.45, 2.75) is 57.5 Å². The van der Waals surface area contributed by atoms with Crippen molar-refractivity contribution in [3.63, 3.8) is 0 Å². The minimum absolute atomic E-state index is 0.857. The first-order valence-corrected chi connectivity index (χ1v) is 8.89. The summed E-state index contributed by atoms with van der Waals surface area (Å²) in [7, 11) is 2.27. The van der Waals surface area contributed by atoms with Crippen molar-refractivity contribution in [3.05, 3.63) is 0 Å². The molecule has 0 radical (unpaired) electrons. The van der Waals surface area contributed by atoms with E-state index < -0.39 is 0 Å². The fourth-order valence-electron chi connectivity index (χ4n) is 4.37. The fraction of sp³-hybridized carbons (Fsp3) is 1.00. The molecule has 0 aromatic carbocycles. The molecule has 0 amide bonds. The molecule has 0 spiro atoms. The molecule has 1 atom stereocenters. The number of nitrogens with zero attached hydrogens (tertiary/aromatic N) is 3. The van der Waals surface area contributed by atoms with Crippen molar-refractivity contribution in [2.75, 3.05) is 46.3 Å². The Kier molecular flexibility index (Phi) is 5.00. The Morgan fingerprint density at radius 2 is 1.40 bits per heavy atom. The van der Waals surface area contributed by atoms with E-state index in [-0.39, 0.29) is 0 Å². The molecule has 3 rings (SSSR count). The van der Waals surface area contributed by atoms with Gasteiger partial charge in [-0.2, -0.15) is 0 Å². The van der Waals surface area contributed by atoms with Gasteiger partial charge in [0.1, 0.15) is 0 Å². The largest absolute Gasteiger partial charge is 0.306 e. The van der Waals surface area contributed by atoms with E-state index in [4.69, 9.17) is 0 Å². The zero-order valence-corrected chi connectivity index (χ0v) is 13.6. The van der Waals surface area contributed by atoms with Gasteiger partial charge in [0.05, 0.1) is 0 Å². The minimum Gasteiger partial charge on any atom is -0.306 e. The molecule has 20 heavy (non-hydrogen) atoms. The van der Waals surface area contributed by atoms with E-state index in [0.717, 1.165) is 18.0 Å². The highest BCUT2D eigenvalue weighted by molar-refractivity contribution is 4.88. The number of likely N-dealkylation sites (tertiary alicyclic amines) is 3. The van der Waals surface area contributed by atoms with E-state index in [2.05, 4.69) is 28.7 Å². The maximum absolute atomic E-state index is 2.83. The van der Waals surface area contributed by atoms with Gasteiger partial charge in [-0.25, -0.2) is 0 Å². The second-order valence-electron chi connectivity index (χ2n) is 7.54. The summed E-state index contributed by atoms with van der Waals surface area (Å²) >= 11 is 0. The van der Waals surface area contributed by atoms with E-state index in [1.165, 1.54) is 77.8 Å². The summed E-state index contributed by atoms with van der Waals surface area (Å²) in [5, 5.41) is 0. The first-order chi connectivity index (χ1) is 9.72. The SMILES string of the molecule is CC1CCN(C2CCCN(C3CCN(C)CC3)C2)CC1.